The summed E-state index contributed by atoms with van der Waals surface area (Å²) in [5.41, 5.74) is 0.631. The first-order valence-corrected chi connectivity index (χ1v) is 14.2. The van der Waals surface area contributed by atoms with Gasteiger partial charge in [-0.1, -0.05) is 35.1 Å². The second-order valence-corrected chi connectivity index (χ2v) is 12.9. The molecule has 1 amide bonds. The minimum atomic E-state index is -3.86. The lowest BCUT2D eigenvalue weighted by molar-refractivity contribution is -0.120. The number of nitrogens with one attached hydrogen (secondary N) is 1. The molecule has 3 aromatic rings. The lowest BCUT2D eigenvalue weighted by Gasteiger charge is -2.30. The molecule has 0 radical (unpaired) electrons. The maximum absolute atomic E-state index is 13.0. The highest BCUT2D eigenvalue weighted by Gasteiger charge is 2.32. The number of anilines is 1. The van der Waals surface area contributed by atoms with Gasteiger partial charge in [-0.3, -0.25) is 4.79 Å². The molecule has 0 spiro atoms. The van der Waals surface area contributed by atoms with E-state index in [1.165, 1.54) is 39.9 Å². The van der Waals surface area contributed by atoms with Crippen LogP contribution in [0.3, 0.4) is 0 Å². The summed E-state index contributed by atoms with van der Waals surface area (Å²) in [5, 5.41) is 3.77. The molecule has 2 aromatic carbocycles. The zero-order chi connectivity index (χ0) is 23.1. The van der Waals surface area contributed by atoms with Gasteiger partial charge in [-0.2, -0.15) is 4.31 Å². The third-order valence-electron chi connectivity index (χ3n) is 5.30. The normalized spacial score (nSPS) is 16.3. The first-order valence-electron chi connectivity index (χ1n) is 9.72. The quantitative estimate of drug-likeness (QED) is 0.559. The molecule has 4 rings (SSSR count). The van der Waals surface area contributed by atoms with Crippen molar-refractivity contribution in [2.24, 2.45) is 5.92 Å². The molecule has 170 valence electrons. The van der Waals surface area contributed by atoms with E-state index in [2.05, 4.69) is 10.3 Å². The SMILES string of the molecule is CS(=O)(=O)c1cccc(S(=O)(=O)N2CCC(C(=O)Nc3nc4c(Cl)cccc4s3)CC2)c1. The van der Waals surface area contributed by atoms with Crippen molar-refractivity contribution in [1.29, 1.82) is 0 Å². The van der Waals surface area contributed by atoms with E-state index < -0.39 is 19.9 Å². The van der Waals surface area contributed by atoms with Gasteiger partial charge in [-0.05, 0) is 43.2 Å². The second-order valence-electron chi connectivity index (χ2n) is 7.52. The molecular weight excluding hydrogens is 494 g/mol. The minimum absolute atomic E-state index is 0.0521. The molecule has 0 atom stereocenters. The summed E-state index contributed by atoms with van der Waals surface area (Å²) in [6, 6.07) is 10.7. The van der Waals surface area contributed by atoms with Crippen molar-refractivity contribution in [3.05, 3.63) is 47.5 Å². The monoisotopic (exact) mass is 513 g/mol. The molecular formula is C20H20ClN3O5S3. The standard InChI is InChI=1S/C20H20ClN3O5S3/c1-31(26,27)14-4-2-5-15(12-14)32(28,29)24-10-8-13(9-11-24)19(25)23-20-22-18-16(21)6-3-7-17(18)30-20/h2-7,12-13H,8-11H2,1H3,(H,22,23,25). The number of benzene rings is 2. The average Bonchev–Trinajstić information content (AvgIpc) is 3.17. The molecule has 12 heteroatoms. The molecule has 2 heterocycles. The van der Waals surface area contributed by atoms with E-state index in [-0.39, 0.29) is 34.7 Å². The van der Waals surface area contributed by atoms with Crippen LogP contribution in [0, 0.1) is 5.92 Å². The van der Waals surface area contributed by atoms with Crippen LogP contribution in [0.15, 0.2) is 52.3 Å². The van der Waals surface area contributed by atoms with E-state index in [0.717, 1.165) is 11.0 Å². The summed E-state index contributed by atoms with van der Waals surface area (Å²) in [4.78, 5) is 16.9. The smallest absolute Gasteiger partial charge is 0.243 e. The minimum Gasteiger partial charge on any atom is -0.302 e. The Balaban J connectivity index is 1.43. The number of fused-ring (bicyclic) bond motifs is 1. The summed E-state index contributed by atoms with van der Waals surface area (Å²) < 4.78 is 51.6. The summed E-state index contributed by atoms with van der Waals surface area (Å²) >= 11 is 7.46. The van der Waals surface area contributed by atoms with Crippen molar-refractivity contribution in [3.8, 4) is 0 Å². The fraction of sp³-hybridized carbons (Fsp3) is 0.300. The fourth-order valence-corrected chi connectivity index (χ4v) is 6.97. The van der Waals surface area contributed by atoms with Crippen LogP contribution in [0.25, 0.3) is 10.2 Å². The van der Waals surface area contributed by atoms with Crippen LogP contribution in [-0.4, -0.2) is 51.4 Å². The number of para-hydroxylation sites is 1. The van der Waals surface area contributed by atoms with E-state index in [0.29, 0.717) is 28.5 Å². The van der Waals surface area contributed by atoms with Gasteiger partial charge in [0.05, 0.1) is 19.5 Å². The third-order valence-corrected chi connectivity index (χ3v) is 9.54. The van der Waals surface area contributed by atoms with Gasteiger partial charge in [0, 0.05) is 25.3 Å². The largest absolute Gasteiger partial charge is 0.302 e. The van der Waals surface area contributed by atoms with Gasteiger partial charge in [0.1, 0.15) is 5.52 Å². The number of halogens is 1. The van der Waals surface area contributed by atoms with Crippen LogP contribution in [-0.2, 0) is 24.7 Å². The van der Waals surface area contributed by atoms with Crippen LogP contribution >= 0.6 is 22.9 Å². The Hall–Kier alpha value is -2.05. The van der Waals surface area contributed by atoms with Gasteiger partial charge in [-0.25, -0.2) is 21.8 Å². The van der Waals surface area contributed by atoms with Gasteiger partial charge in [0.25, 0.3) is 0 Å². The Kier molecular flexibility index (Phi) is 6.29. The van der Waals surface area contributed by atoms with Crippen LogP contribution < -0.4 is 5.32 Å². The van der Waals surface area contributed by atoms with E-state index in [1.54, 1.807) is 6.07 Å². The fourth-order valence-electron chi connectivity index (χ4n) is 3.55. The van der Waals surface area contributed by atoms with E-state index in [1.807, 2.05) is 12.1 Å². The Morgan fingerprint density at radius 1 is 1.09 bits per heavy atom. The van der Waals surface area contributed by atoms with Crippen molar-refractivity contribution in [1.82, 2.24) is 9.29 Å². The molecule has 1 fully saturated rings. The number of amides is 1. The van der Waals surface area contributed by atoms with Crippen LogP contribution in [0.2, 0.25) is 5.02 Å². The molecule has 0 bridgehead atoms. The maximum atomic E-state index is 13.0. The molecule has 8 nitrogen and oxygen atoms in total. The number of hydrogen-bond donors (Lipinski definition) is 1. The highest BCUT2D eigenvalue weighted by Crippen LogP contribution is 2.32. The number of sulfone groups is 1. The number of carbonyl (C=O) groups excluding carboxylic acids is 1. The number of aromatic nitrogens is 1. The Morgan fingerprint density at radius 3 is 2.41 bits per heavy atom. The van der Waals surface area contributed by atoms with Crippen LogP contribution in [0.1, 0.15) is 12.8 Å². The molecule has 1 saturated heterocycles. The number of thiazole rings is 1. The molecule has 1 aliphatic heterocycles. The molecule has 32 heavy (non-hydrogen) atoms. The molecule has 0 aliphatic carbocycles. The maximum Gasteiger partial charge on any atom is 0.243 e. The molecule has 0 unspecified atom stereocenters. The van der Waals surface area contributed by atoms with Gasteiger partial charge in [-0.15, -0.1) is 0 Å². The van der Waals surface area contributed by atoms with Crippen molar-refractivity contribution in [2.45, 2.75) is 22.6 Å². The topological polar surface area (TPSA) is 114 Å². The van der Waals surface area contributed by atoms with Gasteiger partial charge in [0.15, 0.2) is 15.0 Å². The Labute approximate surface area is 195 Å². The Bertz CT molecular complexity index is 1390. The first-order chi connectivity index (χ1) is 15.1. The predicted molar refractivity (Wildman–Crippen MR) is 124 cm³/mol. The van der Waals surface area contributed by atoms with Crippen molar-refractivity contribution < 1.29 is 21.6 Å². The summed E-state index contributed by atoms with van der Waals surface area (Å²) in [5.74, 6) is -0.567. The number of hydrogen-bond acceptors (Lipinski definition) is 7. The van der Waals surface area contributed by atoms with Crippen molar-refractivity contribution in [3.63, 3.8) is 0 Å². The molecule has 1 N–H and O–H groups in total. The zero-order valence-corrected chi connectivity index (χ0v) is 20.2. The van der Waals surface area contributed by atoms with Gasteiger partial charge in [0.2, 0.25) is 15.9 Å². The molecule has 1 aliphatic rings. The van der Waals surface area contributed by atoms with Gasteiger partial charge < -0.3 is 5.32 Å². The lowest BCUT2D eigenvalue weighted by Crippen LogP contribution is -2.41. The van der Waals surface area contributed by atoms with Crippen LogP contribution in [0.4, 0.5) is 5.13 Å². The van der Waals surface area contributed by atoms with E-state index in [4.69, 9.17) is 11.6 Å². The predicted octanol–water partition coefficient (Wildman–Crippen LogP) is 3.39. The number of piperidine rings is 1. The number of sulfonamides is 1. The summed E-state index contributed by atoms with van der Waals surface area (Å²) in [6.07, 6.45) is 1.73. The molecule has 1 aromatic heterocycles. The zero-order valence-electron chi connectivity index (χ0n) is 17.0. The van der Waals surface area contributed by atoms with E-state index >= 15 is 0 Å². The highest BCUT2D eigenvalue weighted by atomic mass is 35.5. The van der Waals surface area contributed by atoms with Crippen molar-refractivity contribution >= 4 is 64.1 Å². The van der Waals surface area contributed by atoms with E-state index in [9.17, 15) is 21.6 Å². The van der Waals surface area contributed by atoms with Crippen LogP contribution in [0.5, 0.6) is 0 Å². The third kappa shape index (κ3) is 4.67. The molecule has 0 saturated carbocycles. The average molecular weight is 514 g/mol. The van der Waals surface area contributed by atoms with Crippen molar-refractivity contribution in [2.75, 3.05) is 24.7 Å². The number of nitrogens with zero attached hydrogens (tertiary/aromatic N) is 2. The van der Waals surface area contributed by atoms with Gasteiger partial charge >= 0.3 is 0 Å². The number of rotatable bonds is 5. The Morgan fingerprint density at radius 2 is 1.75 bits per heavy atom. The second kappa shape index (κ2) is 8.71. The summed E-state index contributed by atoms with van der Waals surface area (Å²) in [7, 11) is -7.39. The lowest BCUT2D eigenvalue weighted by atomic mass is 9.97. The highest BCUT2D eigenvalue weighted by molar-refractivity contribution is 7.91. The first kappa shape index (κ1) is 23.1. The summed E-state index contributed by atoms with van der Waals surface area (Å²) in [6.45, 7) is 0.324. The number of carbonyl (C=O) groups is 1.